The highest BCUT2D eigenvalue weighted by Gasteiger charge is 2.18. The van der Waals surface area contributed by atoms with E-state index in [1.165, 1.54) is 32.1 Å². The highest BCUT2D eigenvalue weighted by Crippen LogP contribution is 2.31. The summed E-state index contributed by atoms with van der Waals surface area (Å²) in [4.78, 5) is 8.98. The Morgan fingerprint density at radius 3 is 2.71 bits per heavy atom. The van der Waals surface area contributed by atoms with Crippen molar-refractivity contribution >= 4 is 17.4 Å². The molecule has 2 atom stereocenters. The maximum atomic E-state index is 6.22. The van der Waals surface area contributed by atoms with Crippen LogP contribution in [0.15, 0.2) is 0 Å². The fourth-order valence-electron chi connectivity index (χ4n) is 3.15. The summed E-state index contributed by atoms with van der Waals surface area (Å²) in [5, 5.41) is 4.05. The van der Waals surface area contributed by atoms with Crippen molar-refractivity contribution in [3.8, 4) is 0 Å². The normalized spacial score (nSPS) is 22.6. The molecule has 1 fully saturated rings. The first-order chi connectivity index (χ1) is 9.97. The maximum absolute atomic E-state index is 6.22. The molecule has 4 heteroatoms. The molecule has 3 nitrogen and oxygen atoms in total. The quantitative estimate of drug-likeness (QED) is 0.761. The Balaban J connectivity index is 1.93. The molecule has 0 bridgehead atoms. The molecule has 0 amide bonds. The van der Waals surface area contributed by atoms with E-state index in [4.69, 9.17) is 11.6 Å². The van der Waals surface area contributed by atoms with E-state index in [1.54, 1.807) is 0 Å². The van der Waals surface area contributed by atoms with E-state index in [0.717, 1.165) is 35.6 Å². The lowest BCUT2D eigenvalue weighted by Gasteiger charge is -2.26. The molecule has 1 aromatic rings. The molecular weight excluding hydrogens is 282 g/mol. The number of anilines is 1. The number of halogens is 1. The van der Waals surface area contributed by atoms with Gasteiger partial charge in [0, 0.05) is 18.0 Å². The van der Waals surface area contributed by atoms with Gasteiger partial charge in [0.05, 0.1) is 0 Å². The van der Waals surface area contributed by atoms with E-state index < -0.39 is 0 Å². The lowest BCUT2D eigenvalue weighted by molar-refractivity contribution is 0.274. The minimum atomic E-state index is 0.294. The van der Waals surface area contributed by atoms with Crippen LogP contribution in [-0.4, -0.2) is 16.5 Å². The summed E-state index contributed by atoms with van der Waals surface area (Å²) in [6.45, 7) is 9.52. The summed E-state index contributed by atoms with van der Waals surface area (Å²) in [5.74, 6) is 3.78. The van der Waals surface area contributed by atoms with Crippen molar-refractivity contribution in [3.05, 3.63) is 16.5 Å². The van der Waals surface area contributed by atoms with Gasteiger partial charge in [-0.1, -0.05) is 51.6 Å². The maximum Gasteiger partial charge on any atom is 0.137 e. The van der Waals surface area contributed by atoms with Gasteiger partial charge in [-0.15, -0.1) is 0 Å². The molecule has 1 aliphatic rings. The van der Waals surface area contributed by atoms with E-state index >= 15 is 0 Å². The predicted octanol–water partition coefficient (Wildman–Crippen LogP) is 5.19. The minimum Gasteiger partial charge on any atom is -0.370 e. The third-order valence-electron chi connectivity index (χ3n) is 4.51. The Labute approximate surface area is 133 Å². The molecule has 118 valence electrons. The zero-order valence-electron chi connectivity index (χ0n) is 13.7. The van der Waals surface area contributed by atoms with Gasteiger partial charge in [-0.3, -0.25) is 0 Å². The lowest BCUT2D eigenvalue weighted by atomic mass is 9.81. The van der Waals surface area contributed by atoms with Crippen LogP contribution in [-0.2, 0) is 0 Å². The van der Waals surface area contributed by atoms with Crippen LogP contribution in [0.4, 0.5) is 5.82 Å². The van der Waals surface area contributed by atoms with Crippen LogP contribution in [0.25, 0.3) is 0 Å². The molecule has 2 unspecified atom stereocenters. The fraction of sp³-hybridized carbons (Fsp3) is 0.765. The average molecular weight is 310 g/mol. The monoisotopic (exact) mass is 309 g/mol. The number of hydrogen-bond donors (Lipinski definition) is 1. The van der Waals surface area contributed by atoms with Crippen molar-refractivity contribution in [1.82, 2.24) is 9.97 Å². The van der Waals surface area contributed by atoms with E-state index in [9.17, 15) is 0 Å². The number of aromatic nitrogens is 2. The molecule has 0 aromatic carbocycles. The van der Waals surface area contributed by atoms with Crippen molar-refractivity contribution in [2.24, 2.45) is 11.8 Å². The summed E-state index contributed by atoms with van der Waals surface area (Å²) in [6.07, 6.45) is 6.78. The Bertz CT molecular complexity index is 473. The van der Waals surface area contributed by atoms with Crippen LogP contribution in [0, 0.1) is 18.8 Å². The number of hydrogen-bond acceptors (Lipinski definition) is 3. The van der Waals surface area contributed by atoms with Crippen molar-refractivity contribution in [3.63, 3.8) is 0 Å². The van der Waals surface area contributed by atoms with Gasteiger partial charge in [0.1, 0.15) is 16.8 Å². The van der Waals surface area contributed by atoms with Crippen LogP contribution < -0.4 is 5.32 Å². The molecule has 0 aliphatic heterocycles. The molecule has 1 aromatic heterocycles. The smallest absolute Gasteiger partial charge is 0.137 e. The molecule has 1 heterocycles. The first kappa shape index (κ1) is 16.5. The van der Waals surface area contributed by atoms with E-state index in [1.807, 2.05) is 6.92 Å². The fourth-order valence-corrected chi connectivity index (χ4v) is 3.33. The third kappa shape index (κ3) is 4.57. The van der Waals surface area contributed by atoms with E-state index in [-0.39, 0.29) is 0 Å². The van der Waals surface area contributed by atoms with Crippen LogP contribution in [0.3, 0.4) is 0 Å². The van der Waals surface area contributed by atoms with Gasteiger partial charge in [-0.25, -0.2) is 9.97 Å². The van der Waals surface area contributed by atoms with Crippen LogP contribution in [0.2, 0.25) is 5.15 Å². The van der Waals surface area contributed by atoms with Crippen LogP contribution in [0.5, 0.6) is 0 Å². The molecular formula is C17H28ClN3. The summed E-state index contributed by atoms with van der Waals surface area (Å²) in [7, 11) is 0. The zero-order valence-corrected chi connectivity index (χ0v) is 14.5. The Hall–Kier alpha value is -0.830. The first-order valence-electron chi connectivity index (χ1n) is 8.25. The third-order valence-corrected chi connectivity index (χ3v) is 4.88. The van der Waals surface area contributed by atoms with E-state index in [2.05, 4.69) is 36.1 Å². The number of rotatable bonds is 5. The van der Waals surface area contributed by atoms with Gasteiger partial charge in [-0.05, 0) is 31.6 Å². The second-order valence-corrected chi connectivity index (χ2v) is 7.21. The minimum absolute atomic E-state index is 0.294. The molecule has 0 saturated heterocycles. The van der Waals surface area contributed by atoms with Gasteiger partial charge >= 0.3 is 0 Å². The second kappa shape index (κ2) is 7.44. The van der Waals surface area contributed by atoms with Crippen molar-refractivity contribution in [2.75, 3.05) is 11.9 Å². The lowest BCUT2D eigenvalue weighted by Crippen LogP contribution is -2.17. The van der Waals surface area contributed by atoms with Crippen LogP contribution in [0.1, 0.15) is 70.2 Å². The number of nitrogens with zero attached hydrogens (tertiary/aromatic N) is 2. The SMILES string of the molecule is Cc1c(Cl)nc(C(C)C)nc1NCCC1CCCC(C)C1. The summed E-state index contributed by atoms with van der Waals surface area (Å²) in [5.41, 5.74) is 0.957. The average Bonchev–Trinajstić information content (AvgIpc) is 2.43. The van der Waals surface area contributed by atoms with Gasteiger partial charge in [0.25, 0.3) is 0 Å². The molecule has 2 rings (SSSR count). The molecule has 1 aliphatic carbocycles. The van der Waals surface area contributed by atoms with Gasteiger partial charge in [0.2, 0.25) is 0 Å². The summed E-state index contributed by atoms with van der Waals surface area (Å²) < 4.78 is 0. The first-order valence-corrected chi connectivity index (χ1v) is 8.63. The van der Waals surface area contributed by atoms with E-state index in [0.29, 0.717) is 11.1 Å². The predicted molar refractivity (Wildman–Crippen MR) is 90.1 cm³/mol. The molecule has 1 saturated carbocycles. The summed E-state index contributed by atoms with van der Waals surface area (Å²) >= 11 is 6.22. The van der Waals surface area contributed by atoms with Crippen LogP contribution >= 0.6 is 11.6 Å². The molecule has 1 N–H and O–H groups in total. The molecule has 0 radical (unpaired) electrons. The van der Waals surface area contributed by atoms with Gasteiger partial charge in [-0.2, -0.15) is 0 Å². The van der Waals surface area contributed by atoms with Crippen molar-refractivity contribution < 1.29 is 0 Å². The van der Waals surface area contributed by atoms with Crippen molar-refractivity contribution in [1.29, 1.82) is 0 Å². The summed E-state index contributed by atoms with van der Waals surface area (Å²) in [6, 6.07) is 0. The second-order valence-electron chi connectivity index (χ2n) is 6.85. The van der Waals surface area contributed by atoms with Gasteiger partial charge < -0.3 is 5.32 Å². The Morgan fingerprint density at radius 1 is 1.29 bits per heavy atom. The Kier molecular flexibility index (Phi) is 5.86. The van der Waals surface area contributed by atoms with Gasteiger partial charge in [0.15, 0.2) is 0 Å². The largest absolute Gasteiger partial charge is 0.370 e. The Morgan fingerprint density at radius 2 is 2.05 bits per heavy atom. The molecule has 0 spiro atoms. The zero-order chi connectivity index (χ0) is 15.4. The topological polar surface area (TPSA) is 37.8 Å². The number of nitrogens with one attached hydrogen (secondary N) is 1. The standard InChI is InChI=1S/C17H28ClN3/c1-11(2)16-20-15(18)13(4)17(21-16)19-9-8-14-7-5-6-12(3)10-14/h11-12,14H,5-10H2,1-4H3,(H,19,20,21). The molecule has 21 heavy (non-hydrogen) atoms. The highest BCUT2D eigenvalue weighted by molar-refractivity contribution is 6.30. The highest BCUT2D eigenvalue weighted by atomic mass is 35.5. The van der Waals surface area contributed by atoms with Crippen molar-refractivity contribution in [2.45, 2.75) is 65.7 Å².